The number of esters is 1. The van der Waals surface area contributed by atoms with Crippen LogP contribution in [0.3, 0.4) is 0 Å². The third-order valence-corrected chi connectivity index (χ3v) is 3.20. The molecule has 0 saturated carbocycles. The van der Waals surface area contributed by atoms with Crippen LogP contribution in [0, 0.1) is 6.92 Å². The minimum Gasteiger partial charge on any atom is -0.462 e. The summed E-state index contributed by atoms with van der Waals surface area (Å²) in [7, 11) is 1.63. The van der Waals surface area contributed by atoms with E-state index < -0.39 is 0 Å². The second-order valence-electron chi connectivity index (χ2n) is 3.72. The van der Waals surface area contributed by atoms with E-state index in [-0.39, 0.29) is 5.97 Å². The van der Waals surface area contributed by atoms with E-state index in [4.69, 9.17) is 14.2 Å². The van der Waals surface area contributed by atoms with Gasteiger partial charge in [0.25, 0.3) is 0 Å². The first-order valence-electron chi connectivity index (χ1n) is 6.14. The Bertz CT molecular complexity index is 395. The first-order valence-corrected chi connectivity index (χ1v) is 6.92. The van der Waals surface area contributed by atoms with Gasteiger partial charge in [-0.1, -0.05) is 0 Å². The number of aromatic nitrogens is 1. The predicted octanol–water partition coefficient (Wildman–Crippen LogP) is 1.70. The highest BCUT2D eigenvalue weighted by molar-refractivity contribution is 7.10. The molecule has 19 heavy (non-hydrogen) atoms. The van der Waals surface area contributed by atoms with Crippen molar-refractivity contribution in [2.45, 2.75) is 13.8 Å². The Morgan fingerprint density at radius 2 is 2.16 bits per heavy atom. The van der Waals surface area contributed by atoms with Crippen LogP contribution >= 0.6 is 11.5 Å². The summed E-state index contributed by atoms with van der Waals surface area (Å²) in [5.74, 6) is -0.337. The molecule has 108 valence electrons. The molecule has 0 spiro atoms. The van der Waals surface area contributed by atoms with Gasteiger partial charge in [0.2, 0.25) is 0 Å². The van der Waals surface area contributed by atoms with E-state index in [1.165, 1.54) is 11.5 Å². The Morgan fingerprint density at radius 3 is 2.84 bits per heavy atom. The second kappa shape index (κ2) is 8.84. The lowest BCUT2D eigenvalue weighted by molar-refractivity contribution is 0.0526. The molecule has 0 saturated heterocycles. The fraction of sp³-hybridized carbons (Fsp3) is 0.667. The van der Waals surface area contributed by atoms with Crippen LogP contribution in [0.1, 0.15) is 23.0 Å². The van der Waals surface area contributed by atoms with Gasteiger partial charge in [0.1, 0.15) is 10.6 Å². The third kappa shape index (κ3) is 5.14. The molecule has 0 radical (unpaired) electrons. The lowest BCUT2D eigenvalue weighted by Gasteiger charge is -2.07. The summed E-state index contributed by atoms with van der Waals surface area (Å²) in [6.45, 7) is 6.22. The van der Waals surface area contributed by atoms with Gasteiger partial charge in [-0.2, -0.15) is 4.37 Å². The SMILES string of the molecule is CCOC(=O)c1c(C)nsc1NCCOCCOC. The number of anilines is 1. The maximum Gasteiger partial charge on any atom is 0.343 e. The molecule has 0 aliphatic carbocycles. The van der Waals surface area contributed by atoms with Crippen LogP contribution in [0.4, 0.5) is 5.00 Å². The van der Waals surface area contributed by atoms with Crippen molar-refractivity contribution in [3.63, 3.8) is 0 Å². The van der Waals surface area contributed by atoms with E-state index in [9.17, 15) is 4.79 Å². The smallest absolute Gasteiger partial charge is 0.343 e. The third-order valence-electron chi connectivity index (χ3n) is 2.31. The summed E-state index contributed by atoms with van der Waals surface area (Å²) in [5.41, 5.74) is 1.20. The molecular formula is C12H20N2O4S. The lowest BCUT2D eigenvalue weighted by atomic mass is 10.2. The highest BCUT2D eigenvalue weighted by Gasteiger charge is 2.19. The molecule has 0 amide bonds. The number of carbonyl (C=O) groups is 1. The van der Waals surface area contributed by atoms with Crippen molar-refractivity contribution in [2.24, 2.45) is 0 Å². The van der Waals surface area contributed by atoms with Crippen LogP contribution in [-0.2, 0) is 14.2 Å². The summed E-state index contributed by atoms with van der Waals surface area (Å²) in [5, 5.41) is 3.87. The van der Waals surface area contributed by atoms with E-state index in [1.54, 1.807) is 21.0 Å². The standard InChI is InChI=1S/C12H20N2O4S/c1-4-18-12(15)10-9(2)14-19-11(10)13-5-6-17-8-7-16-3/h13H,4-8H2,1-3H3. The van der Waals surface area contributed by atoms with Gasteiger partial charge in [-0.25, -0.2) is 4.79 Å². The number of hydrogen-bond acceptors (Lipinski definition) is 7. The Labute approximate surface area is 117 Å². The van der Waals surface area contributed by atoms with Gasteiger partial charge >= 0.3 is 5.97 Å². The first kappa shape index (κ1) is 15.9. The second-order valence-corrected chi connectivity index (χ2v) is 4.50. The summed E-state index contributed by atoms with van der Waals surface area (Å²) in [6.07, 6.45) is 0. The Kier molecular flexibility index (Phi) is 7.39. The van der Waals surface area contributed by atoms with Crippen molar-refractivity contribution in [1.82, 2.24) is 4.37 Å². The quantitative estimate of drug-likeness (QED) is 0.551. The summed E-state index contributed by atoms with van der Waals surface area (Å²) >= 11 is 1.26. The molecule has 1 aromatic rings. The van der Waals surface area contributed by atoms with Gasteiger partial charge in [-0.15, -0.1) is 0 Å². The van der Waals surface area contributed by atoms with E-state index in [0.717, 1.165) is 5.00 Å². The molecule has 7 heteroatoms. The molecule has 0 bridgehead atoms. The number of hydrogen-bond donors (Lipinski definition) is 1. The topological polar surface area (TPSA) is 69.7 Å². The number of aryl methyl sites for hydroxylation is 1. The average molecular weight is 288 g/mol. The van der Waals surface area contributed by atoms with Crippen molar-refractivity contribution in [3.05, 3.63) is 11.3 Å². The Hall–Kier alpha value is -1.18. The zero-order chi connectivity index (χ0) is 14.1. The van der Waals surface area contributed by atoms with E-state index in [0.29, 0.717) is 44.2 Å². The van der Waals surface area contributed by atoms with Crippen LogP contribution in [0.25, 0.3) is 0 Å². The minimum atomic E-state index is -0.337. The predicted molar refractivity (Wildman–Crippen MR) is 74.0 cm³/mol. The highest BCUT2D eigenvalue weighted by atomic mass is 32.1. The van der Waals surface area contributed by atoms with Crippen molar-refractivity contribution in [1.29, 1.82) is 0 Å². The summed E-state index contributed by atoms with van der Waals surface area (Å²) in [6, 6.07) is 0. The van der Waals surface area contributed by atoms with Crippen LogP contribution in [0.2, 0.25) is 0 Å². The molecule has 6 nitrogen and oxygen atoms in total. The number of nitrogens with one attached hydrogen (secondary N) is 1. The molecule has 0 fully saturated rings. The molecule has 0 aliphatic rings. The molecule has 1 aromatic heterocycles. The lowest BCUT2D eigenvalue weighted by Crippen LogP contribution is -2.14. The van der Waals surface area contributed by atoms with Gasteiger partial charge in [-0.05, 0) is 25.4 Å². The maximum absolute atomic E-state index is 11.8. The van der Waals surface area contributed by atoms with Gasteiger partial charge in [0.15, 0.2) is 0 Å². The number of ether oxygens (including phenoxy) is 3. The Balaban J connectivity index is 2.43. The van der Waals surface area contributed by atoms with Crippen LogP contribution < -0.4 is 5.32 Å². The van der Waals surface area contributed by atoms with Crippen LogP contribution in [-0.4, -0.2) is 50.4 Å². The van der Waals surface area contributed by atoms with E-state index >= 15 is 0 Å². The monoisotopic (exact) mass is 288 g/mol. The zero-order valence-electron chi connectivity index (χ0n) is 11.5. The molecule has 1 N–H and O–H groups in total. The fourth-order valence-electron chi connectivity index (χ4n) is 1.42. The van der Waals surface area contributed by atoms with Crippen molar-refractivity contribution in [3.8, 4) is 0 Å². The van der Waals surface area contributed by atoms with Crippen molar-refractivity contribution >= 4 is 22.5 Å². The first-order chi connectivity index (χ1) is 9.20. The van der Waals surface area contributed by atoms with Crippen LogP contribution in [0.5, 0.6) is 0 Å². The Morgan fingerprint density at radius 1 is 1.37 bits per heavy atom. The molecule has 1 heterocycles. The highest BCUT2D eigenvalue weighted by Crippen LogP contribution is 2.24. The van der Waals surface area contributed by atoms with Crippen LogP contribution in [0.15, 0.2) is 0 Å². The molecule has 1 rings (SSSR count). The zero-order valence-corrected chi connectivity index (χ0v) is 12.3. The normalized spacial score (nSPS) is 10.5. The van der Waals surface area contributed by atoms with E-state index in [2.05, 4.69) is 9.69 Å². The largest absolute Gasteiger partial charge is 0.462 e. The number of nitrogens with zero attached hydrogens (tertiary/aromatic N) is 1. The van der Waals surface area contributed by atoms with Gasteiger partial charge in [0, 0.05) is 13.7 Å². The molecule has 0 aromatic carbocycles. The molecule has 0 atom stereocenters. The average Bonchev–Trinajstić information content (AvgIpc) is 2.75. The van der Waals surface area contributed by atoms with Crippen molar-refractivity contribution < 1.29 is 19.0 Å². The number of methoxy groups -OCH3 is 1. The number of carbonyl (C=O) groups excluding carboxylic acids is 1. The van der Waals surface area contributed by atoms with Gasteiger partial charge in [0.05, 0.1) is 32.1 Å². The molecular weight excluding hydrogens is 268 g/mol. The van der Waals surface area contributed by atoms with E-state index in [1.807, 2.05) is 0 Å². The summed E-state index contributed by atoms with van der Waals surface area (Å²) < 4.78 is 19.4. The molecule has 0 unspecified atom stereocenters. The van der Waals surface area contributed by atoms with Gasteiger partial charge < -0.3 is 19.5 Å². The van der Waals surface area contributed by atoms with Crippen molar-refractivity contribution in [2.75, 3.05) is 45.4 Å². The van der Waals surface area contributed by atoms with Gasteiger partial charge in [-0.3, -0.25) is 0 Å². The minimum absolute atomic E-state index is 0.337. The molecule has 0 aliphatic heterocycles. The maximum atomic E-state index is 11.8. The fourth-order valence-corrected chi connectivity index (χ4v) is 2.22. The number of rotatable bonds is 9. The summed E-state index contributed by atoms with van der Waals surface area (Å²) in [4.78, 5) is 11.8.